The molecular formula is C38H58Na2O16S. The Bertz CT molecular complexity index is 1570. The van der Waals surface area contributed by atoms with Gasteiger partial charge in [-0.3, -0.25) is 4.18 Å². The average molecular weight is 849 g/mol. The quantitative estimate of drug-likeness (QED) is 0.0324. The van der Waals surface area contributed by atoms with Gasteiger partial charge in [0.15, 0.2) is 12.6 Å². The summed E-state index contributed by atoms with van der Waals surface area (Å²) < 4.78 is 71.4. The number of carboxylic acids is 1. The van der Waals surface area contributed by atoms with Crippen LogP contribution >= 0.6 is 0 Å². The van der Waals surface area contributed by atoms with Crippen LogP contribution in [0.25, 0.3) is 0 Å². The Morgan fingerprint density at radius 2 is 1.63 bits per heavy atom. The molecule has 5 N–H and O–H groups in total. The molecule has 0 amide bonds. The van der Waals surface area contributed by atoms with Crippen molar-refractivity contribution in [3.8, 4) is 0 Å². The number of ether oxygens (including phenoxy) is 5. The second-order valence-electron chi connectivity index (χ2n) is 18.3. The second kappa shape index (κ2) is 18.4. The largest absolute Gasteiger partial charge is 1.00 e. The van der Waals surface area contributed by atoms with E-state index in [0.29, 0.717) is 37.0 Å². The van der Waals surface area contributed by atoms with E-state index in [1.807, 2.05) is 0 Å². The predicted octanol–water partition coefficient (Wildman–Crippen LogP) is -6.12. The van der Waals surface area contributed by atoms with Crippen LogP contribution in [0.2, 0.25) is 0 Å². The number of aliphatic hydroxyl groups is 5. The third-order valence-electron chi connectivity index (χ3n) is 14.6. The fourth-order valence-corrected chi connectivity index (χ4v) is 12.3. The van der Waals surface area contributed by atoms with Gasteiger partial charge in [-0.2, -0.15) is 0 Å². The molecule has 20 atom stereocenters. The Balaban J connectivity index is 0.00000310. The first-order chi connectivity index (χ1) is 25.7. The van der Waals surface area contributed by atoms with Crippen molar-refractivity contribution in [3.63, 3.8) is 0 Å². The molecule has 16 nitrogen and oxygen atoms in total. The molecule has 3 heterocycles. The van der Waals surface area contributed by atoms with Gasteiger partial charge in [-0.1, -0.05) is 46.3 Å². The molecule has 314 valence electrons. The minimum atomic E-state index is -5.11. The Morgan fingerprint density at radius 3 is 2.28 bits per heavy atom. The third kappa shape index (κ3) is 9.48. The molecule has 0 aromatic carbocycles. The monoisotopic (exact) mass is 848 g/mol. The summed E-state index contributed by atoms with van der Waals surface area (Å²) >= 11 is 0. The van der Waals surface area contributed by atoms with Gasteiger partial charge in [-0.25, -0.2) is 8.42 Å². The van der Waals surface area contributed by atoms with E-state index >= 15 is 0 Å². The van der Waals surface area contributed by atoms with Gasteiger partial charge in [0.1, 0.15) is 42.7 Å². The Hall–Kier alpha value is 0.680. The maximum absolute atomic E-state index is 12.3. The van der Waals surface area contributed by atoms with Gasteiger partial charge >= 0.3 is 59.1 Å². The molecule has 0 radical (unpaired) electrons. The van der Waals surface area contributed by atoms with Crippen molar-refractivity contribution in [2.24, 2.45) is 46.3 Å². The summed E-state index contributed by atoms with van der Waals surface area (Å²) in [5.74, 6) is -0.720. The second-order valence-corrected chi connectivity index (χ2v) is 19.3. The Labute approximate surface area is 379 Å². The number of epoxide rings is 1. The van der Waals surface area contributed by atoms with E-state index in [9.17, 15) is 48.4 Å². The minimum Gasteiger partial charge on any atom is -0.726 e. The van der Waals surface area contributed by atoms with E-state index in [0.717, 1.165) is 25.7 Å². The molecule has 19 heteroatoms. The molecule has 7 rings (SSSR count). The maximum Gasteiger partial charge on any atom is 1.00 e. The predicted molar refractivity (Wildman–Crippen MR) is 186 cm³/mol. The van der Waals surface area contributed by atoms with Crippen LogP contribution in [0.3, 0.4) is 0 Å². The van der Waals surface area contributed by atoms with Crippen LogP contribution < -0.4 is 64.2 Å². The first-order valence-electron chi connectivity index (χ1n) is 19.9. The zero-order chi connectivity index (χ0) is 39.9. The number of aliphatic carboxylic acids is 1. The fourth-order valence-electron chi connectivity index (χ4n) is 11.8. The summed E-state index contributed by atoms with van der Waals surface area (Å²) in [4.78, 5) is 11.9. The molecule has 3 saturated heterocycles. The van der Waals surface area contributed by atoms with E-state index in [4.69, 9.17) is 27.9 Å². The first-order valence-corrected chi connectivity index (χ1v) is 21.3. The van der Waals surface area contributed by atoms with Crippen molar-refractivity contribution in [2.75, 3.05) is 6.61 Å². The fraction of sp³-hybridized carbons (Fsp3) is 0.921. The smallest absolute Gasteiger partial charge is 0.726 e. The van der Waals surface area contributed by atoms with Gasteiger partial charge in [0.2, 0.25) is 10.4 Å². The molecule has 7 aliphatic rings. The number of allylic oxidation sites excluding steroid dienone is 2. The van der Waals surface area contributed by atoms with Crippen molar-refractivity contribution in [1.82, 2.24) is 0 Å². The van der Waals surface area contributed by atoms with Gasteiger partial charge in [0.05, 0.1) is 37.0 Å². The molecule has 6 fully saturated rings. The van der Waals surface area contributed by atoms with Crippen molar-refractivity contribution < 1.29 is 135 Å². The van der Waals surface area contributed by atoms with Crippen LogP contribution in [0.1, 0.15) is 86.0 Å². The molecule has 3 saturated carbocycles. The topological polar surface area (TPSA) is 257 Å². The summed E-state index contributed by atoms with van der Waals surface area (Å²) in [5, 5.41) is 64.1. The van der Waals surface area contributed by atoms with Crippen LogP contribution in [0.15, 0.2) is 11.6 Å². The molecule has 0 bridgehead atoms. The van der Waals surface area contributed by atoms with Crippen molar-refractivity contribution in [3.05, 3.63) is 11.6 Å². The Morgan fingerprint density at radius 1 is 0.930 bits per heavy atom. The van der Waals surface area contributed by atoms with E-state index in [1.165, 1.54) is 5.57 Å². The van der Waals surface area contributed by atoms with E-state index in [-0.39, 0.29) is 95.0 Å². The number of rotatable bonds is 11. The summed E-state index contributed by atoms with van der Waals surface area (Å²) in [6.07, 6.45) is -9.34. The Kier molecular flexibility index (Phi) is 15.7. The maximum atomic E-state index is 12.3. The van der Waals surface area contributed by atoms with E-state index in [1.54, 1.807) is 0 Å². The summed E-state index contributed by atoms with van der Waals surface area (Å²) in [6, 6.07) is 0. The third-order valence-corrected chi connectivity index (χ3v) is 15.1. The van der Waals surface area contributed by atoms with Crippen LogP contribution in [0, 0.1) is 46.3 Å². The van der Waals surface area contributed by atoms with Crippen molar-refractivity contribution >= 4 is 16.4 Å². The van der Waals surface area contributed by atoms with Crippen LogP contribution in [-0.4, -0.2) is 131 Å². The number of hydrogen-bond donors (Lipinski definition) is 5. The number of carbonyl (C=O) groups is 1. The number of fused-ring (bicyclic) bond motifs is 5. The summed E-state index contributed by atoms with van der Waals surface area (Å²) in [5.41, 5.74) is 0.643. The molecule has 0 aromatic heterocycles. The SMILES string of the molecule is CC(C)C[C@@H]1O[C@H]1[C@@H](C)[C@H]1CC[C@H]2[C@@H]3C[C@H](OS(=O)(=O)[O-])[C@H]4C[C@@H](O[C@@H]5O[C@H](C(=O)[O-])[C@@H](O)[C@H](O)[C@H]5O[C@@H]5OC[C@H](O)[C@H](O)[C@H]5O)CC[C@]4(C)C3=CC[C@]12C.[Na+].[Na+]. The number of carboxylic acid groups (broad SMARTS) is 1. The zero-order valence-electron chi connectivity index (χ0n) is 34.0. The van der Waals surface area contributed by atoms with Gasteiger partial charge in [0, 0.05) is 0 Å². The van der Waals surface area contributed by atoms with Crippen LogP contribution in [-0.2, 0) is 43.1 Å². The van der Waals surface area contributed by atoms with Crippen molar-refractivity contribution in [2.45, 2.75) is 166 Å². The van der Waals surface area contributed by atoms with Gasteiger partial charge in [-0.15, -0.1) is 0 Å². The van der Waals surface area contributed by atoms with Gasteiger partial charge in [0.25, 0.3) is 0 Å². The summed E-state index contributed by atoms with van der Waals surface area (Å²) in [6.45, 7) is 10.7. The molecule has 57 heavy (non-hydrogen) atoms. The molecule has 3 aliphatic heterocycles. The van der Waals surface area contributed by atoms with E-state index < -0.39 is 102 Å². The van der Waals surface area contributed by atoms with Gasteiger partial charge in [-0.05, 0) is 97.7 Å². The van der Waals surface area contributed by atoms with Gasteiger partial charge < -0.3 is 63.7 Å². The molecule has 4 aliphatic carbocycles. The molecular weight excluding hydrogens is 790 g/mol. The zero-order valence-corrected chi connectivity index (χ0v) is 38.9. The van der Waals surface area contributed by atoms with E-state index in [2.05, 4.69) is 40.7 Å². The number of hydrogen-bond acceptors (Lipinski definition) is 16. The van der Waals surface area contributed by atoms with Crippen molar-refractivity contribution in [1.29, 1.82) is 0 Å². The van der Waals surface area contributed by atoms with Crippen LogP contribution in [0.4, 0.5) is 0 Å². The molecule has 0 spiro atoms. The summed E-state index contributed by atoms with van der Waals surface area (Å²) in [7, 11) is -5.11. The number of carbonyl (C=O) groups excluding carboxylic acids is 1. The first kappa shape index (κ1) is 48.7. The average Bonchev–Trinajstić information content (AvgIpc) is 3.76. The van der Waals surface area contributed by atoms with Crippen LogP contribution in [0.5, 0.6) is 0 Å². The normalized spacial score (nSPS) is 48.6. The number of aliphatic hydroxyl groups excluding tert-OH is 5. The molecule has 0 unspecified atom stereocenters. The minimum absolute atomic E-state index is 0. The standard InChI is InChI=1S/C38H60O16S.2Na/c1-16(2)12-26-31(51-26)17(3)20-6-7-21-19-14-25(54-55(46,47)48)23-13-18(8-10-38(23,5)22(19)9-11-37(20,21)4)50-36-33(29(42)28(41)32(52-36)34(44)45)53-35-30(43)27(40)24(39)15-49-35;;/h9,16-21,23-33,35-36,39-43H,6-8,10-15H2,1-5H3,(H,44,45)(H,46,47,48);;/q;2*+1/p-2/t17-,18-,19-,20+,21-,23+,24-,25-,26-,27-,28-,29-,30+,31-,32-,33+,35-,36+,37+,38+;;/m0../s1. The molecule has 0 aromatic rings.